The first-order valence-corrected chi connectivity index (χ1v) is 8.06. The summed E-state index contributed by atoms with van der Waals surface area (Å²) in [4.78, 5) is 2.49. The predicted molar refractivity (Wildman–Crippen MR) is 85.8 cm³/mol. The fourth-order valence-electron chi connectivity index (χ4n) is 2.21. The molecular weight excluding hydrogens is 248 g/mol. The Bertz CT molecular complexity index is 358. The molecule has 0 atom stereocenters. The van der Waals surface area contributed by atoms with E-state index in [9.17, 15) is 0 Å². The minimum absolute atomic E-state index is 0.509. The van der Waals surface area contributed by atoms with Gasteiger partial charge in [0.15, 0.2) is 0 Å². The van der Waals surface area contributed by atoms with Gasteiger partial charge < -0.3 is 9.73 Å². The lowest BCUT2D eigenvalue weighted by Gasteiger charge is -2.25. The van der Waals surface area contributed by atoms with Crippen molar-refractivity contribution in [2.24, 2.45) is 0 Å². The van der Waals surface area contributed by atoms with Gasteiger partial charge in [-0.1, -0.05) is 33.6 Å². The Hall–Kier alpha value is -0.800. The molecule has 3 heteroatoms. The van der Waals surface area contributed by atoms with Gasteiger partial charge >= 0.3 is 0 Å². The van der Waals surface area contributed by atoms with Crippen LogP contribution in [0.4, 0.5) is 0 Å². The van der Waals surface area contributed by atoms with Crippen molar-refractivity contribution in [3.05, 3.63) is 23.7 Å². The van der Waals surface area contributed by atoms with Crippen LogP contribution in [-0.4, -0.2) is 23.5 Å². The van der Waals surface area contributed by atoms with E-state index in [1.54, 1.807) is 0 Å². The van der Waals surface area contributed by atoms with Gasteiger partial charge in [0.25, 0.3) is 0 Å². The first-order valence-electron chi connectivity index (χ1n) is 8.06. The second kappa shape index (κ2) is 9.19. The molecule has 0 amide bonds. The van der Waals surface area contributed by atoms with E-state index < -0.39 is 0 Å². The number of hydrogen-bond donors (Lipinski definition) is 1. The molecule has 1 aromatic rings. The third kappa shape index (κ3) is 6.58. The molecule has 3 nitrogen and oxygen atoms in total. The van der Waals surface area contributed by atoms with Gasteiger partial charge in [0.05, 0.1) is 12.8 Å². The Kier molecular flexibility index (Phi) is 7.93. The number of nitrogens with one attached hydrogen (secondary N) is 1. The monoisotopic (exact) mass is 280 g/mol. The topological polar surface area (TPSA) is 28.4 Å². The maximum absolute atomic E-state index is 5.70. The fourth-order valence-corrected chi connectivity index (χ4v) is 2.21. The molecule has 0 aromatic carbocycles. The molecule has 0 aliphatic heterocycles. The molecule has 0 unspecified atom stereocenters. The highest BCUT2D eigenvalue weighted by molar-refractivity contribution is 5.12. The molecule has 0 fully saturated rings. The summed E-state index contributed by atoms with van der Waals surface area (Å²) in [6.45, 7) is 14.1. The van der Waals surface area contributed by atoms with Crippen LogP contribution in [0, 0.1) is 0 Å². The van der Waals surface area contributed by atoms with E-state index in [0.29, 0.717) is 12.1 Å². The van der Waals surface area contributed by atoms with Crippen LogP contribution in [0.25, 0.3) is 0 Å². The summed E-state index contributed by atoms with van der Waals surface area (Å²) in [5.74, 6) is 1.08. The molecule has 1 aromatic heterocycles. The van der Waals surface area contributed by atoms with Crippen LogP contribution in [0.5, 0.6) is 0 Å². The number of hydrogen-bond acceptors (Lipinski definition) is 3. The van der Waals surface area contributed by atoms with Crippen molar-refractivity contribution in [3.8, 4) is 0 Å². The van der Waals surface area contributed by atoms with E-state index in [2.05, 4.69) is 50.9 Å². The highest BCUT2D eigenvalue weighted by atomic mass is 16.3. The van der Waals surface area contributed by atoms with Gasteiger partial charge in [0.2, 0.25) is 0 Å². The zero-order valence-electron chi connectivity index (χ0n) is 13.9. The molecule has 0 radical (unpaired) electrons. The van der Waals surface area contributed by atoms with Crippen molar-refractivity contribution >= 4 is 0 Å². The zero-order chi connectivity index (χ0) is 15.0. The molecule has 1 N–H and O–H groups in total. The van der Waals surface area contributed by atoms with Gasteiger partial charge in [-0.05, 0) is 32.9 Å². The molecule has 0 saturated heterocycles. The molecule has 1 heterocycles. The van der Waals surface area contributed by atoms with Crippen molar-refractivity contribution in [2.75, 3.05) is 6.54 Å². The minimum Gasteiger partial charge on any atom is -0.468 e. The van der Waals surface area contributed by atoms with E-state index in [1.165, 1.54) is 24.8 Å². The highest BCUT2D eigenvalue weighted by Crippen LogP contribution is 2.14. The quantitative estimate of drug-likeness (QED) is 0.652. The lowest BCUT2D eigenvalue weighted by molar-refractivity contribution is 0.192. The Morgan fingerprint density at radius 1 is 1.20 bits per heavy atom. The SMILES string of the molecule is CCCCCN(Cc1cc(CNC(C)C)co1)C(C)C. The number of unbranched alkanes of at least 4 members (excludes halogenated alkanes) is 2. The average Bonchev–Trinajstić information content (AvgIpc) is 2.83. The van der Waals surface area contributed by atoms with Crippen molar-refractivity contribution in [2.45, 2.75) is 79.1 Å². The highest BCUT2D eigenvalue weighted by Gasteiger charge is 2.12. The van der Waals surface area contributed by atoms with Gasteiger partial charge in [-0.25, -0.2) is 0 Å². The zero-order valence-corrected chi connectivity index (χ0v) is 13.9. The third-order valence-corrected chi connectivity index (χ3v) is 3.56. The lowest BCUT2D eigenvalue weighted by atomic mass is 10.2. The van der Waals surface area contributed by atoms with Crippen LogP contribution in [-0.2, 0) is 13.1 Å². The van der Waals surface area contributed by atoms with Gasteiger partial charge in [0.1, 0.15) is 5.76 Å². The average molecular weight is 280 g/mol. The largest absolute Gasteiger partial charge is 0.468 e. The summed E-state index contributed by atoms with van der Waals surface area (Å²) in [5, 5.41) is 3.42. The van der Waals surface area contributed by atoms with Gasteiger partial charge in [-0.2, -0.15) is 0 Å². The van der Waals surface area contributed by atoms with Crippen molar-refractivity contribution in [1.29, 1.82) is 0 Å². The molecular formula is C17H32N2O. The van der Waals surface area contributed by atoms with Crippen LogP contribution in [0.2, 0.25) is 0 Å². The van der Waals surface area contributed by atoms with E-state index in [0.717, 1.165) is 25.4 Å². The molecule has 0 spiro atoms. The second-order valence-electron chi connectivity index (χ2n) is 6.23. The predicted octanol–water partition coefficient (Wildman–Crippen LogP) is 4.18. The maximum Gasteiger partial charge on any atom is 0.118 e. The van der Waals surface area contributed by atoms with E-state index >= 15 is 0 Å². The van der Waals surface area contributed by atoms with Crippen molar-refractivity contribution < 1.29 is 4.42 Å². The van der Waals surface area contributed by atoms with E-state index in [4.69, 9.17) is 4.42 Å². The maximum atomic E-state index is 5.70. The van der Waals surface area contributed by atoms with Crippen LogP contribution in [0.3, 0.4) is 0 Å². The van der Waals surface area contributed by atoms with E-state index in [1.807, 2.05) is 6.26 Å². The van der Waals surface area contributed by atoms with Gasteiger partial charge in [-0.3, -0.25) is 4.90 Å². The fraction of sp³-hybridized carbons (Fsp3) is 0.765. The van der Waals surface area contributed by atoms with Crippen LogP contribution in [0.15, 0.2) is 16.7 Å². The Morgan fingerprint density at radius 3 is 2.55 bits per heavy atom. The minimum atomic E-state index is 0.509. The molecule has 20 heavy (non-hydrogen) atoms. The molecule has 0 aliphatic rings. The lowest BCUT2D eigenvalue weighted by Crippen LogP contribution is -2.31. The summed E-state index contributed by atoms with van der Waals surface area (Å²) < 4.78 is 5.70. The van der Waals surface area contributed by atoms with Crippen LogP contribution >= 0.6 is 0 Å². The summed E-state index contributed by atoms with van der Waals surface area (Å²) >= 11 is 0. The number of nitrogens with zero attached hydrogens (tertiary/aromatic N) is 1. The van der Waals surface area contributed by atoms with Crippen LogP contribution < -0.4 is 5.32 Å². The number of furan rings is 1. The number of rotatable bonds is 10. The molecule has 0 saturated carbocycles. The van der Waals surface area contributed by atoms with Crippen LogP contribution in [0.1, 0.15) is 65.2 Å². The Balaban J connectivity index is 2.47. The summed E-state index contributed by atoms with van der Waals surface area (Å²) in [6.07, 6.45) is 5.75. The smallest absolute Gasteiger partial charge is 0.118 e. The van der Waals surface area contributed by atoms with Crippen molar-refractivity contribution in [3.63, 3.8) is 0 Å². The Morgan fingerprint density at radius 2 is 1.95 bits per heavy atom. The third-order valence-electron chi connectivity index (χ3n) is 3.56. The Labute approximate surface area is 124 Å². The summed E-state index contributed by atoms with van der Waals surface area (Å²) in [6, 6.07) is 3.26. The normalized spacial score (nSPS) is 12.0. The van der Waals surface area contributed by atoms with Crippen molar-refractivity contribution in [1.82, 2.24) is 10.2 Å². The first kappa shape index (κ1) is 17.3. The molecule has 0 bridgehead atoms. The van der Waals surface area contributed by atoms with Gasteiger partial charge in [0, 0.05) is 24.2 Å². The standard InChI is InChI=1S/C17H32N2O/c1-6-7-8-9-19(15(4)5)12-17-10-16(13-20-17)11-18-14(2)3/h10,13-15,18H,6-9,11-12H2,1-5H3. The first-order chi connectivity index (χ1) is 9.52. The molecule has 0 aliphatic carbocycles. The van der Waals surface area contributed by atoms with Gasteiger partial charge in [-0.15, -0.1) is 0 Å². The molecule has 116 valence electrons. The molecule has 1 rings (SSSR count). The second-order valence-corrected chi connectivity index (χ2v) is 6.23. The summed E-state index contributed by atoms with van der Waals surface area (Å²) in [5.41, 5.74) is 1.24. The van der Waals surface area contributed by atoms with E-state index in [-0.39, 0.29) is 0 Å². The summed E-state index contributed by atoms with van der Waals surface area (Å²) in [7, 11) is 0.